The topological polar surface area (TPSA) is 69.0 Å². The molecule has 2 rings (SSSR count). The molecule has 1 fully saturated rings. The fourth-order valence-corrected chi connectivity index (χ4v) is 2.30. The van der Waals surface area contributed by atoms with Gasteiger partial charge in [0, 0.05) is 13.7 Å². The van der Waals surface area contributed by atoms with Crippen molar-refractivity contribution in [2.45, 2.75) is 38.8 Å². The molecule has 1 aliphatic rings. The van der Waals surface area contributed by atoms with Gasteiger partial charge in [0.25, 0.3) is 0 Å². The molecule has 1 saturated heterocycles. The minimum Gasteiger partial charge on any atom is -0.377 e. The van der Waals surface area contributed by atoms with Gasteiger partial charge in [-0.15, -0.1) is 0 Å². The van der Waals surface area contributed by atoms with Crippen LogP contribution in [0.3, 0.4) is 0 Å². The Kier molecular flexibility index (Phi) is 4.30. The second kappa shape index (κ2) is 5.95. The largest absolute Gasteiger partial charge is 0.377 e. The molecule has 0 aromatic carbocycles. The van der Waals surface area contributed by atoms with Crippen LogP contribution in [0.4, 0.5) is 0 Å². The molecule has 0 spiro atoms. The minimum absolute atomic E-state index is 0.0348. The first-order chi connectivity index (χ1) is 8.70. The van der Waals surface area contributed by atoms with Crippen molar-refractivity contribution in [1.82, 2.24) is 20.1 Å². The van der Waals surface area contributed by atoms with Crippen LogP contribution in [0.1, 0.15) is 32.0 Å². The number of hydrogen-bond acceptors (Lipinski definition) is 4. The quantitative estimate of drug-likeness (QED) is 0.853. The van der Waals surface area contributed by atoms with Gasteiger partial charge in [0.05, 0.1) is 18.6 Å². The van der Waals surface area contributed by atoms with Crippen LogP contribution >= 0.6 is 0 Å². The third-order valence-corrected chi connectivity index (χ3v) is 3.25. The van der Waals surface area contributed by atoms with Crippen molar-refractivity contribution in [3.63, 3.8) is 0 Å². The predicted molar refractivity (Wildman–Crippen MR) is 65.6 cm³/mol. The maximum atomic E-state index is 12.1. The molecule has 0 radical (unpaired) electrons. The fraction of sp³-hybridized carbons (Fsp3) is 0.750. The minimum atomic E-state index is -0.0348. The maximum Gasteiger partial charge on any atom is 0.226 e. The van der Waals surface area contributed by atoms with Crippen LogP contribution in [-0.4, -0.2) is 33.4 Å². The number of nitrogens with zero attached hydrogens (tertiary/aromatic N) is 3. The van der Waals surface area contributed by atoms with Crippen LogP contribution in [0, 0.1) is 5.92 Å². The summed E-state index contributed by atoms with van der Waals surface area (Å²) in [6.07, 6.45) is 4.41. The monoisotopic (exact) mass is 252 g/mol. The Morgan fingerprint density at radius 2 is 2.50 bits per heavy atom. The Labute approximate surface area is 107 Å². The fourth-order valence-electron chi connectivity index (χ4n) is 2.30. The summed E-state index contributed by atoms with van der Waals surface area (Å²) in [6.45, 7) is 3.20. The number of carbonyl (C=O) groups excluding carboxylic acids is 1. The van der Waals surface area contributed by atoms with Gasteiger partial charge in [0.15, 0.2) is 5.82 Å². The first-order valence-electron chi connectivity index (χ1n) is 6.44. The van der Waals surface area contributed by atoms with Crippen molar-refractivity contribution in [2.75, 3.05) is 6.61 Å². The Morgan fingerprint density at radius 3 is 3.17 bits per heavy atom. The molecule has 1 aromatic heterocycles. The highest BCUT2D eigenvalue weighted by Gasteiger charge is 2.30. The average molecular weight is 252 g/mol. The molecular weight excluding hydrogens is 232 g/mol. The summed E-state index contributed by atoms with van der Waals surface area (Å²) in [4.78, 5) is 16.2. The van der Waals surface area contributed by atoms with Gasteiger partial charge in [-0.1, -0.05) is 6.92 Å². The molecular formula is C12H20N4O2. The summed E-state index contributed by atoms with van der Waals surface area (Å²) in [5.41, 5.74) is 0. The van der Waals surface area contributed by atoms with E-state index in [0.29, 0.717) is 12.4 Å². The molecule has 1 amide bonds. The molecule has 18 heavy (non-hydrogen) atoms. The molecule has 1 aromatic rings. The van der Waals surface area contributed by atoms with Crippen LogP contribution in [0.5, 0.6) is 0 Å². The lowest BCUT2D eigenvalue weighted by atomic mass is 9.92. The first-order valence-corrected chi connectivity index (χ1v) is 6.44. The van der Waals surface area contributed by atoms with E-state index >= 15 is 0 Å². The lowest BCUT2D eigenvalue weighted by molar-refractivity contribution is -0.134. The highest BCUT2D eigenvalue weighted by molar-refractivity contribution is 5.79. The van der Waals surface area contributed by atoms with E-state index in [4.69, 9.17) is 4.74 Å². The Morgan fingerprint density at radius 1 is 1.67 bits per heavy atom. The summed E-state index contributed by atoms with van der Waals surface area (Å²) in [6, 6.07) is 0. The summed E-state index contributed by atoms with van der Waals surface area (Å²) in [7, 11) is 1.81. The molecule has 0 saturated carbocycles. The van der Waals surface area contributed by atoms with E-state index in [1.807, 2.05) is 0 Å². The zero-order chi connectivity index (χ0) is 13.0. The second-order valence-corrected chi connectivity index (χ2v) is 4.62. The highest BCUT2D eigenvalue weighted by Crippen LogP contribution is 2.23. The van der Waals surface area contributed by atoms with E-state index < -0.39 is 0 Å². The van der Waals surface area contributed by atoms with Crippen LogP contribution < -0.4 is 5.32 Å². The molecule has 2 atom stereocenters. The highest BCUT2D eigenvalue weighted by atomic mass is 16.5. The van der Waals surface area contributed by atoms with Gasteiger partial charge >= 0.3 is 0 Å². The lowest BCUT2D eigenvalue weighted by Gasteiger charge is -2.29. The van der Waals surface area contributed by atoms with Crippen molar-refractivity contribution in [3.05, 3.63) is 12.2 Å². The summed E-state index contributed by atoms with van der Waals surface area (Å²) in [5, 5.41) is 7.02. The normalized spacial score (nSPS) is 23.9. The van der Waals surface area contributed by atoms with E-state index in [0.717, 1.165) is 25.9 Å². The molecule has 100 valence electrons. The van der Waals surface area contributed by atoms with Crippen LogP contribution in [0.25, 0.3) is 0 Å². The van der Waals surface area contributed by atoms with Gasteiger partial charge in [-0.2, -0.15) is 5.10 Å². The Hall–Kier alpha value is -1.43. The zero-order valence-electron chi connectivity index (χ0n) is 10.9. The number of hydrogen-bond donors (Lipinski definition) is 1. The van der Waals surface area contributed by atoms with Crippen LogP contribution in [0.2, 0.25) is 0 Å². The molecule has 6 heteroatoms. The number of carbonyl (C=O) groups is 1. The van der Waals surface area contributed by atoms with E-state index in [1.54, 1.807) is 18.1 Å². The second-order valence-electron chi connectivity index (χ2n) is 4.62. The van der Waals surface area contributed by atoms with Crippen molar-refractivity contribution < 1.29 is 9.53 Å². The molecule has 0 aliphatic carbocycles. The van der Waals surface area contributed by atoms with Gasteiger partial charge in [0.1, 0.15) is 6.33 Å². The van der Waals surface area contributed by atoms with E-state index in [1.165, 1.54) is 0 Å². The maximum absolute atomic E-state index is 12.1. The van der Waals surface area contributed by atoms with Crippen LogP contribution in [-0.2, 0) is 23.1 Å². The lowest BCUT2D eigenvalue weighted by Crippen LogP contribution is -2.41. The van der Waals surface area contributed by atoms with Crippen molar-refractivity contribution in [1.29, 1.82) is 0 Å². The molecule has 1 N–H and O–H groups in total. The standard InChI is InChI=1S/C12H20N4O2/c1-3-10-9(5-4-6-18-10)12(17)13-7-11-14-8-16(2)15-11/h8-10H,3-7H2,1-2H3,(H,13,17). The van der Waals surface area contributed by atoms with Gasteiger partial charge in [-0.05, 0) is 19.3 Å². The van der Waals surface area contributed by atoms with Gasteiger partial charge in [0.2, 0.25) is 5.91 Å². The summed E-state index contributed by atoms with van der Waals surface area (Å²) < 4.78 is 7.25. The van der Waals surface area contributed by atoms with E-state index in [-0.39, 0.29) is 17.9 Å². The van der Waals surface area contributed by atoms with Gasteiger partial charge in [-0.3, -0.25) is 9.48 Å². The summed E-state index contributed by atoms with van der Waals surface area (Å²) in [5.74, 6) is 0.650. The average Bonchev–Trinajstić information content (AvgIpc) is 2.81. The van der Waals surface area contributed by atoms with E-state index in [9.17, 15) is 4.79 Å². The van der Waals surface area contributed by atoms with Crippen molar-refractivity contribution in [2.24, 2.45) is 13.0 Å². The van der Waals surface area contributed by atoms with Crippen molar-refractivity contribution in [3.8, 4) is 0 Å². The number of aromatic nitrogens is 3. The number of ether oxygens (including phenoxy) is 1. The molecule has 2 unspecified atom stereocenters. The van der Waals surface area contributed by atoms with Crippen LogP contribution in [0.15, 0.2) is 6.33 Å². The molecule has 1 aliphatic heterocycles. The third kappa shape index (κ3) is 3.07. The third-order valence-electron chi connectivity index (χ3n) is 3.25. The summed E-state index contributed by atoms with van der Waals surface area (Å²) >= 11 is 0. The smallest absolute Gasteiger partial charge is 0.226 e. The Bertz CT molecular complexity index is 405. The first kappa shape index (κ1) is 13.0. The number of aryl methyl sites for hydroxylation is 1. The zero-order valence-corrected chi connectivity index (χ0v) is 10.9. The Balaban J connectivity index is 1.86. The number of rotatable bonds is 4. The molecule has 0 bridgehead atoms. The number of nitrogens with one attached hydrogen (secondary N) is 1. The predicted octanol–water partition coefficient (Wildman–Crippen LogP) is 0.636. The van der Waals surface area contributed by atoms with Gasteiger partial charge < -0.3 is 10.1 Å². The van der Waals surface area contributed by atoms with Gasteiger partial charge in [-0.25, -0.2) is 4.98 Å². The molecule has 6 nitrogen and oxygen atoms in total. The SMILES string of the molecule is CCC1OCCCC1C(=O)NCc1ncn(C)n1. The number of amides is 1. The van der Waals surface area contributed by atoms with Crippen molar-refractivity contribution >= 4 is 5.91 Å². The molecule has 2 heterocycles. The van der Waals surface area contributed by atoms with E-state index in [2.05, 4.69) is 22.3 Å².